The van der Waals surface area contributed by atoms with Gasteiger partial charge in [0.25, 0.3) is 0 Å². The van der Waals surface area contributed by atoms with Crippen molar-refractivity contribution in [1.82, 2.24) is 0 Å². The van der Waals surface area contributed by atoms with E-state index in [9.17, 15) is 14.4 Å². The van der Waals surface area contributed by atoms with E-state index in [2.05, 4.69) is 167 Å². The van der Waals surface area contributed by atoms with Gasteiger partial charge >= 0.3 is 17.9 Å². The molecule has 0 aliphatic heterocycles. The zero-order valence-electron chi connectivity index (χ0n) is 52.2. The maximum Gasteiger partial charge on any atom is 0.309 e. The van der Waals surface area contributed by atoms with Crippen molar-refractivity contribution in [2.45, 2.75) is 284 Å². The van der Waals surface area contributed by atoms with Crippen LogP contribution in [-0.2, 0) is 28.6 Å². The van der Waals surface area contributed by atoms with Crippen LogP contribution in [0.15, 0.2) is 158 Å². The van der Waals surface area contributed by atoms with Gasteiger partial charge in [-0.15, -0.1) is 0 Å². The average Bonchev–Trinajstić information content (AvgIpc) is 3.47. The smallest absolute Gasteiger partial charge is 0.309 e. The van der Waals surface area contributed by atoms with Crippen LogP contribution in [0, 0.1) is 0 Å². The summed E-state index contributed by atoms with van der Waals surface area (Å²) < 4.78 is 16.8. The highest BCUT2D eigenvalue weighted by Gasteiger charge is 2.19. The number of esters is 3. The van der Waals surface area contributed by atoms with Crippen LogP contribution >= 0.6 is 0 Å². The van der Waals surface area contributed by atoms with Crippen LogP contribution in [0.1, 0.15) is 278 Å². The Bertz CT molecular complexity index is 1810. The number of rotatable bonds is 58. The molecule has 456 valence electrons. The number of ether oxygens (including phenoxy) is 3. The molecule has 0 aliphatic carbocycles. The lowest BCUT2D eigenvalue weighted by Crippen LogP contribution is -2.30. The normalized spacial score (nSPS) is 13.2. The SMILES string of the molecule is CC/C=C\C/C=C\C/C=C\C/C=C\C/C=C\C/C=C\C/C=C\CCCCCC(=O)OCC(COC(=O)C/C=C\C/C=C\C/C=C\C/C=C\C/C=C\CC)OC(=O)CCCCCCCCCCCCC/C=C\CCCCCCCCCC. The fraction of sp³-hybridized carbons (Fsp3) is 0.613. The molecule has 1 unspecified atom stereocenters. The number of allylic oxidation sites excluding steroid dienone is 25. The monoisotopic (exact) mass is 1120 g/mol. The van der Waals surface area contributed by atoms with Crippen molar-refractivity contribution in [1.29, 1.82) is 0 Å². The minimum absolute atomic E-state index is 0.114. The van der Waals surface area contributed by atoms with Crippen LogP contribution in [0.2, 0.25) is 0 Å². The number of hydrogen-bond donors (Lipinski definition) is 0. The van der Waals surface area contributed by atoms with Crippen molar-refractivity contribution in [2.75, 3.05) is 13.2 Å². The summed E-state index contributed by atoms with van der Waals surface area (Å²) in [4.78, 5) is 38.3. The van der Waals surface area contributed by atoms with Crippen LogP contribution in [0.3, 0.4) is 0 Å². The van der Waals surface area contributed by atoms with E-state index in [0.717, 1.165) is 122 Å². The molecule has 0 radical (unpaired) electrons. The van der Waals surface area contributed by atoms with Crippen molar-refractivity contribution in [3.05, 3.63) is 158 Å². The summed E-state index contributed by atoms with van der Waals surface area (Å²) in [6.07, 6.45) is 98.5. The van der Waals surface area contributed by atoms with Gasteiger partial charge in [-0.3, -0.25) is 14.4 Å². The molecule has 0 heterocycles. The third-order valence-corrected chi connectivity index (χ3v) is 13.5. The largest absolute Gasteiger partial charge is 0.462 e. The molecule has 1 atom stereocenters. The second kappa shape index (κ2) is 67.5. The van der Waals surface area contributed by atoms with Crippen LogP contribution < -0.4 is 0 Å². The molecule has 6 nitrogen and oxygen atoms in total. The summed E-state index contributed by atoms with van der Waals surface area (Å²) in [5, 5.41) is 0. The summed E-state index contributed by atoms with van der Waals surface area (Å²) in [6.45, 7) is 6.30. The summed E-state index contributed by atoms with van der Waals surface area (Å²) in [5.74, 6) is -1.10. The first-order valence-corrected chi connectivity index (χ1v) is 33.0. The third kappa shape index (κ3) is 65.7. The van der Waals surface area contributed by atoms with Gasteiger partial charge in [0.15, 0.2) is 6.10 Å². The van der Waals surface area contributed by atoms with Gasteiger partial charge in [0, 0.05) is 12.8 Å². The van der Waals surface area contributed by atoms with Gasteiger partial charge in [-0.1, -0.05) is 288 Å². The molecule has 0 N–H and O–H groups in total. The Kier molecular flexibility index (Phi) is 63.4. The average molecular weight is 1120 g/mol. The second-order valence-electron chi connectivity index (χ2n) is 21.3. The Hall–Kier alpha value is -4.97. The fourth-order valence-corrected chi connectivity index (χ4v) is 8.67. The van der Waals surface area contributed by atoms with Crippen LogP contribution in [0.25, 0.3) is 0 Å². The van der Waals surface area contributed by atoms with Crippen molar-refractivity contribution < 1.29 is 28.6 Å². The van der Waals surface area contributed by atoms with E-state index in [1.165, 1.54) is 116 Å². The van der Waals surface area contributed by atoms with Gasteiger partial charge in [-0.25, -0.2) is 0 Å². The third-order valence-electron chi connectivity index (χ3n) is 13.5. The van der Waals surface area contributed by atoms with Gasteiger partial charge in [0.2, 0.25) is 0 Å². The summed E-state index contributed by atoms with van der Waals surface area (Å²) >= 11 is 0. The molecule has 6 heteroatoms. The highest BCUT2D eigenvalue weighted by Crippen LogP contribution is 2.15. The van der Waals surface area contributed by atoms with Crippen LogP contribution in [-0.4, -0.2) is 37.2 Å². The predicted octanol–water partition coefficient (Wildman–Crippen LogP) is 22.9. The lowest BCUT2D eigenvalue weighted by atomic mass is 10.0. The topological polar surface area (TPSA) is 78.9 Å². The molecule has 0 spiro atoms. The van der Waals surface area contributed by atoms with Gasteiger partial charge in [0.1, 0.15) is 13.2 Å². The van der Waals surface area contributed by atoms with Gasteiger partial charge in [-0.05, 0) is 128 Å². The summed E-state index contributed by atoms with van der Waals surface area (Å²) in [6, 6.07) is 0. The molecule has 0 aliphatic rings. The first kappa shape index (κ1) is 76.0. The Balaban J connectivity index is 4.51. The lowest BCUT2D eigenvalue weighted by Gasteiger charge is -2.18. The maximum absolute atomic E-state index is 12.9. The van der Waals surface area contributed by atoms with Crippen molar-refractivity contribution >= 4 is 17.9 Å². The summed E-state index contributed by atoms with van der Waals surface area (Å²) in [5.41, 5.74) is 0. The molecule has 0 aromatic carbocycles. The summed E-state index contributed by atoms with van der Waals surface area (Å²) in [7, 11) is 0. The minimum atomic E-state index is -0.842. The Morgan fingerprint density at radius 2 is 0.531 bits per heavy atom. The predicted molar refractivity (Wildman–Crippen MR) is 352 cm³/mol. The highest BCUT2D eigenvalue weighted by atomic mass is 16.6. The highest BCUT2D eigenvalue weighted by molar-refractivity contribution is 5.72. The van der Waals surface area contributed by atoms with Crippen molar-refractivity contribution in [3.63, 3.8) is 0 Å². The van der Waals surface area contributed by atoms with E-state index in [-0.39, 0.29) is 31.6 Å². The first-order valence-electron chi connectivity index (χ1n) is 33.0. The number of unbranched alkanes of at least 4 members (excludes halogenated alkanes) is 22. The molecule has 81 heavy (non-hydrogen) atoms. The molecular weight excluding hydrogens is 997 g/mol. The van der Waals surface area contributed by atoms with Crippen molar-refractivity contribution in [2.24, 2.45) is 0 Å². The maximum atomic E-state index is 12.9. The van der Waals surface area contributed by atoms with E-state index < -0.39 is 12.1 Å². The molecule has 0 bridgehead atoms. The quantitative estimate of drug-likeness (QED) is 0.0261. The van der Waals surface area contributed by atoms with Gasteiger partial charge in [0.05, 0.1) is 6.42 Å². The zero-order valence-corrected chi connectivity index (χ0v) is 52.2. The van der Waals surface area contributed by atoms with Crippen molar-refractivity contribution in [3.8, 4) is 0 Å². The molecular formula is C75H120O6. The Morgan fingerprint density at radius 3 is 0.889 bits per heavy atom. The first-order chi connectivity index (χ1) is 40.0. The van der Waals surface area contributed by atoms with E-state index in [1.54, 1.807) is 6.08 Å². The van der Waals surface area contributed by atoms with E-state index >= 15 is 0 Å². The number of hydrogen-bond acceptors (Lipinski definition) is 6. The number of carbonyl (C=O) groups is 3. The molecule has 0 fully saturated rings. The van der Waals surface area contributed by atoms with Gasteiger partial charge in [-0.2, -0.15) is 0 Å². The van der Waals surface area contributed by atoms with E-state index in [4.69, 9.17) is 14.2 Å². The molecule has 0 aromatic rings. The Labute approximate surface area is 499 Å². The molecule has 0 rings (SSSR count). The Morgan fingerprint density at radius 1 is 0.272 bits per heavy atom. The zero-order chi connectivity index (χ0) is 58.5. The molecule has 0 saturated carbocycles. The van der Waals surface area contributed by atoms with E-state index in [0.29, 0.717) is 12.8 Å². The minimum Gasteiger partial charge on any atom is -0.462 e. The fourth-order valence-electron chi connectivity index (χ4n) is 8.67. The number of carbonyl (C=O) groups excluding carboxylic acids is 3. The molecule has 0 aromatic heterocycles. The van der Waals surface area contributed by atoms with Crippen LogP contribution in [0.5, 0.6) is 0 Å². The standard InChI is InChI=1S/C75H120O6/c1-4-7-10-13-16-19-22-25-28-30-32-34-36-37-39-40-42-44-47-50-53-56-59-62-65-68-74(77)80-71-72(70-79-73(76)67-64-61-58-55-52-49-46-27-24-21-18-15-12-9-6-3)81-75(78)69-66-63-60-57-54-51-48-45-43-41-38-35-33-31-29-26-23-20-17-14-11-8-5-2/h7,9-10,12,16,18-19,21,25,27-28,31-34,37,39,42,44,46,50,52-53,55,61,64,72H,4-6,8,11,13-15,17,20,22-24,26,29-30,35-36,38,40-41,43,45,47-49,51,54,56-60,62-63,65-71H2,1-3H3/b10-7-,12-9-,19-16-,21-18-,28-25-,33-31-,34-32-,39-37-,44-42-,46-27-,53-50-,55-52-,64-61-. The molecule has 0 saturated heterocycles. The second-order valence-corrected chi connectivity index (χ2v) is 21.3. The van der Waals surface area contributed by atoms with E-state index in [1.807, 2.05) is 6.08 Å². The molecule has 0 amide bonds. The van der Waals surface area contributed by atoms with Crippen LogP contribution in [0.4, 0.5) is 0 Å². The lowest BCUT2D eigenvalue weighted by molar-refractivity contribution is -0.166. The van der Waals surface area contributed by atoms with Gasteiger partial charge < -0.3 is 14.2 Å².